The number of carbonyl (C=O) groups excluding carboxylic acids is 2. The number of amides is 2. The maximum Gasteiger partial charge on any atom is 0.309 e. The van der Waals surface area contributed by atoms with Crippen molar-refractivity contribution >= 4 is 33.3 Å². The standard InChI is InChI=1S/C19H21ClN2O6S/c20-13-5-7-15(8-6-13)29(25,26)17(16-4-2-10-28-16)12-22-19(24)18(23)21-11-14-3-1-9-27-14/h2,4-8,10,14,17H,1,3,9,11-12H2,(H,21,23)(H,22,24)/t14-,17-/m0/s1. The Morgan fingerprint density at radius 2 is 1.86 bits per heavy atom. The Kier molecular flexibility index (Phi) is 6.94. The Morgan fingerprint density at radius 3 is 2.48 bits per heavy atom. The van der Waals surface area contributed by atoms with Crippen LogP contribution in [0.4, 0.5) is 0 Å². The van der Waals surface area contributed by atoms with Gasteiger partial charge in [0.2, 0.25) is 0 Å². The maximum absolute atomic E-state index is 13.1. The number of sulfone groups is 1. The van der Waals surface area contributed by atoms with E-state index in [0.29, 0.717) is 11.6 Å². The van der Waals surface area contributed by atoms with Crippen LogP contribution in [0.3, 0.4) is 0 Å². The molecule has 2 amide bonds. The zero-order valence-electron chi connectivity index (χ0n) is 15.5. The van der Waals surface area contributed by atoms with Gasteiger partial charge >= 0.3 is 11.8 Å². The van der Waals surface area contributed by atoms with Crippen molar-refractivity contribution in [3.63, 3.8) is 0 Å². The molecule has 0 aliphatic carbocycles. The van der Waals surface area contributed by atoms with Crippen molar-refractivity contribution in [2.24, 2.45) is 0 Å². The minimum absolute atomic E-state index is 0.0281. The van der Waals surface area contributed by atoms with Crippen molar-refractivity contribution in [3.05, 3.63) is 53.4 Å². The van der Waals surface area contributed by atoms with Gasteiger partial charge in [0.25, 0.3) is 0 Å². The van der Waals surface area contributed by atoms with Crippen LogP contribution < -0.4 is 10.6 Å². The third-order valence-electron chi connectivity index (χ3n) is 4.55. The van der Waals surface area contributed by atoms with E-state index in [0.717, 1.165) is 12.8 Å². The number of nitrogens with one attached hydrogen (secondary N) is 2. The molecule has 1 fully saturated rings. The molecule has 156 valence electrons. The summed E-state index contributed by atoms with van der Waals surface area (Å²) in [5.41, 5.74) is 0. The number of benzene rings is 1. The average molecular weight is 441 g/mol. The summed E-state index contributed by atoms with van der Waals surface area (Å²) in [6.45, 7) is 0.543. The molecule has 29 heavy (non-hydrogen) atoms. The fourth-order valence-corrected chi connectivity index (χ4v) is 4.70. The second-order valence-electron chi connectivity index (χ2n) is 6.56. The average Bonchev–Trinajstić information content (AvgIpc) is 3.40. The third kappa shape index (κ3) is 5.37. The van der Waals surface area contributed by atoms with Crippen LogP contribution in [0, 0.1) is 0 Å². The van der Waals surface area contributed by atoms with E-state index < -0.39 is 26.9 Å². The van der Waals surface area contributed by atoms with E-state index in [4.69, 9.17) is 20.8 Å². The van der Waals surface area contributed by atoms with Gasteiger partial charge in [-0.25, -0.2) is 8.42 Å². The Hall–Kier alpha value is -2.36. The quantitative estimate of drug-likeness (QED) is 0.635. The lowest BCUT2D eigenvalue weighted by Gasteiger charge is -2.17. The summed E-state index contributed by atoms with van der Waals surface area (Å²) < 4.78 is 36.8. The van der Waals surface area contributed by atoms with Gasteiger partial charge in [-0.05, 0) is 49.2 Å². The molecule has 2 atom stereocenters. The molecule has 0 unspecified atom stereocenters. The highest BCUT2D eigenvalue weighted by Gasteiger charge is 2.32. The molecular formula is C19H21ClN2O6S. The molecule has 8 nitrogen and oxygen atoms in total. The number of hydrogen-bond acceptors (Lipinski definition) is 6. The van der Waals surface area contributed by atoms with E-state index in [2.05, 4.69) is 10.6 Å². The van der Waals surface area contributed by atoms with Crippen LogP contribution in [-0.4, -0.2) is 46.0 Å². The van der Waals surface area contributed by atoms with E-state index in [-0.39, 0.29) is 29.8 Å². The maximum atomic E-state index is 13.1. The van der Waals surface area contributed by atoms with Gasteiger partial charge < -0.3 is 19.8 Å². The van der Waals surface area contributed by atoms with Crippen LogP contribution >= 0.6 is 11.6 Å². The highest BCUT2D eigenvalue weighted by atomic mass is 35.5. The molecule has 0 spiro atoms. The number of ether oxygens (including phenoxy) is 1. The topological polar surface area (TPSA) is 115 Å². The molecule has 1 aromatic heterocycles. The van der Waals surface area contributed by atoms with E-state index in [1.54, 1.807) is 6.07 Å². The summed E-state index contributed by atoms with van der Waals surface area (Å²) >= 11 is 5.83. The van der Waals surface area contributed by atoms with Gasteiger partial charge in [-0.1, -0.05) is 11.6 Å². The Labute approximate surface area is 173 Å². The number of rotatable bonds is 7. The van der Waals surface area contributed by atoms with Gasteiger partial charge in [-0.15, -0.1) is 0 Å². The molecule has 2 N–H and O–H groups in total. The molecule has 2 heterocycles. The minimum Gasteiger partial charge on any atom is -0.468 e. The first-order valence-electron chi connectivity index (χ1n) is 9.08. The SMILES string of the molecule is O=C(NC[C@@H]1CCCO1)C(=O)NC[C@@H](c1ccco1)S(=O)(=O)c1ccc(Cl)cc1. The lowest BCUT2D eigenvalue weighted by atomic mass is 10.2. The first-order chi connectivity index (χ1) is 13.9. The Bertz CT molecular complexity index is 938. The second-order valence-corrected chi connectivity index (χ2v) is 9.12. The number of halogens is 1. The molecule has 0 bridgehead atoms. The van der Waals surface area contributed by atoms with Crippen LogP contribution in [0.1, 0.15) is 23.9 Å². The van der Waals surface area contributed by atoms with Crippen LogP contribution in [0.2, 0.25) is 5.02 Å². The van der Waals surface area contributed by atoms with Crippen molar-refractivity contribution in [1.82, 2.24) is 10.6 Å². The predicted octanol–water partition coefficient (Wildman–Crippen LogP) is 1.86. The summed E-state index contributed by atoms with van der Waals surface area (Å²) in [7, 11) is -3.91. The van der Waals surface area contributed by atoms with E-state index in [9.17, 15) is 18.0 Å². The van der Waals surface area contributed by atoms with Gasteiger partial charge in [-0.3, -0.25) is 9.59 Å². The van der Waals surface area contributed by atoms with Gasteiger partial charge in [0.05, 0.1) is 17.3 Å². The molecule has 1 aliphatic heterocycles. The molecule has 1 aromatic carbocycles. The first kappa shape index (κ1) is 21.4. The summed E-state index contributed by atoms with van der Waals surface area (Å²) in [5.74, 6) is -1.62. The van der Waals surface area contributed by atoms with Crippen molar-refractivity contribution < 1.29 is 27.2 Å². The zero-order chi connectivity index (χ0) is 20.9. The molecule has 1 saturated heterocycles. The number of hydrogen-bond donors (Lipinski definition) is 2. The predicted molar refractivity (Wildman–Crippen MR) is 105 cm³/mol. The third-order valence-corrected chi connectivity index (χ3v) is 6.88. The number of furan rings is 1. The fourth-order valence-electron chi connectivity index (χ4n) is 2.98. The molecule has 1 aliphatic rings. The van der Waals surface area contributed by atoms with Crippen molar-refractivity contribution in [2.45, 2.75) is 29.1 Å². The largest absolute Gasteiger partial charge is 0.468 e. The second kappa shape index (κ2) is 9.43. The number of carbonyl (C=O) groups is 2. The van der Waals surface area contributed by atoms with Crippen molar-refractivity contribution in [2.75, 3.05) is 19.7 Å². The molecule has 0 radical (unpaired) electrons. The normalized spacial score (nSPS) is 17.6. The van der Waals surface area contributed by atoms with Crippen LogP contribution in [0.15, 0.2) is 52.0 Å². The van der Waals surface area contributed by atoms with E-state index >= 15 is 0 Å². The Morgan fingerprint density at radius 1 is 1.14 bits per heavy atom. The summed E-state index contributed by atoms with van der Waals surface area (Å²) in [6, 6.07) is 8.74. The van der Waals surface area contributed by atoms with Crippen LogP contribution in [-0.2, 0) is 24.2 Å². The highest BCUT2D eigenvalue weighted by molar-refractivity contribution is 7.91. The van der Waals surface area contributed by atoms with Crippen molar-refractivity contribution in [1.29, 1.82) is 0 Å². The van der Waals surface area contributed by atoms with Gasteiger partial charge in [0.1, 0.15) is 11.0 Å². The molecule has 2 aromatic rings. The van der Waals surface area contributed by atoms with E-state index in [1.807, 2.05) is 0 Å². The molecular weight excluding hydrogens is 420 g/mol. The smallest absolute Gasteiger partial charge is 0.309 e. The van der Waals surface area contributed by atoms with E-state index in [1.165, 1.54) is 36.6 Å². The monoisotopic (exact) mass is 440 g/mol. The summed E-state index contributed by atoms with van der Waals surface area (Å²) in [5, 5.41) is 4.07. The van der Waals surface area contributed by atoms with Crippen molar-refractivity contribution in [3.8, 4) is 0 Å². The minimum atomic E-state index is -3.91. The summed E-state index contributed by atoms with van der Waals surface area (Å²) in [4.78, 5) is 24.1. The summed E-state index contributed by atoms with van der Waals surface area (Å²) in [6.07, 6.45) is 2.98. The van der Waals surface area contributed by atoms with Crippen LogP contribution in [0.25, 0.3) is 0 Å². The van der Waals surface area contributed by atoms with Crippen LogP contribution in [0.5, 0.6) is 0 Å². The Balaban J connectivity index is 1.67. The molecule has 0 saturated carbocycles. The zero-order valence-corrected chi connectivity index (χ0v) is 17.0. The van der Waals surface area contributed by atoms with Gasteiger partial charge in [-0.2, -0.15) is 0 Å². The van der Waals surface area contributed by atoms with Gasteiger partial charge in [0, 0.05) is 24.7 Å². The molecule has 10 heteroatoms. The fraction of sp³-hybridized carbons (Fsp3) is 0.368. The highest BCUT2D eigenvalue weighted by Crippen LogP contribution is 2.29. The lowest BCUT2D eigenvalue weighted by molar-refractivity contribution is -0.139. The first-order valence-corrected chi connectivity index (χ1v) is 11.0. The lowest BCUT2D eigenvalue weighted by Crippen LogP contribution is -2.44. The van der Waals surface area contributed by atoms with Gasteiger partial charge in [0.15, 0.2) is 9.84 Å². The molecule has 3 rings (SSSR count).